The highest BCUT2D eigenvalue weighted by atomic mass is 19.4. The summed E-state index contributed by atoms with van der Waals surface area (Å²) in [5.41, 5.74) is -1.18. The van der Waals surface area contributed by atoms with Gasteiger partial charge in [-0.2, -0.15) is 0 Å². The normalized spacial score (nSPS) is 46.3. The summed E-state index contributed by atoms with van der Waals surface area (Å²) in [4.78, 5) is 12.4. The second kappa shape index (κ2) is 5.40. The highest BCUT2D eigenvalue weighted by Gasteiger charge is 2.72. The molecular weight excluding hydrogens is 317 g/mol. The molecule has 23 heavy (non-hydrogen) atoms. The van der Waals surface area contributed by atoms with Gasteiger partial charge in [-0.25, -0.2) is 0 Å². The lowest BCUT2D eigenvalue weighted by Crippen LogP contribution is -2.55. The fourth-order valence-corrected chi connectivity index (χ4v) is 4.10. The van der Waals surface area contributed by atoms with Gasteiger partial charge in [0.1, 0.15) is 17.3 Å². The number of halogens is 3. The van der Waals surface area contributed by atoms with E-state index in [4.69, 9.17) is 14.2 Å². The number of epoxide rings is 2. The Bertz CT molecular complexity index is 490. The Balaban J connectivity index is 1.69. The first-order chi connectivity index (χ1) is 10.6. The topological polar surface area (TPSA) is 60.6 Å². The lowest BCUT2D eigenvalue weighted by molar-refractivity contribution is -0.324. The summed E-state index contributed by atoms with van der Waals surface area (Å²) in [6.07, 6.45) is -4.98. The summed E-state index contributed by atoms with van der Waals surface area (Å²) in [6, 6.07) is 0. The van der Waals surface area contributed by atoms with Gasteiger partial charge >= 0.3 is 6.36 Å². The molecular formula is C15H21F3O5. The number of Topliss-reactive ketones (excluding diaryl/α,β-unsaturated/α-hetero) is 1. The number of carbonyl (C=O) groups is 1. The van der Waals surface area contributed by atoms with Crippen LogP contribution in [0.1, 0.15) is 26.7 Å². The van der Waals surface area contributed by atoms with Crippen LogP contribution < -0.4 is 0 Å². The summed E-state index contributed by atoms with van der Waals surface area (Å²) in [5.74, 6) is -0.465. The first-order valence-electron chi connectivity index (χ1n) is 7.72. The molecule has 6 atom stereocenters. The van der Waals surface area contributed by atoms with Gasteiger partial charge in [0.05, 0.1) is 25.2 Å². The van der Waals surface area contributed by atoms with Crippen LogP contribution in [0.15, 0.2) is 0 Å². The van der Waals surface area contributed by atoms with E-state index in [2.05, 4.69) is 4.74 Å². The van der Waals surface area contributed by atoms with Crippen LogP contribution in [0.5, 0.6) is 0 Å². The van der Waals surface area contributed by atoms with Crippen molar-refractivity contribution in [1.82, 2.24) is 0 Å². The summed E-state index contributed by atoms with van der Waals surface area (Å²) >= 11 is 0. The molecule has 3 aliphatic rings. The quantitative estimate of drug-likeness (QED) is 0.718. The van der Waals surface area contributed by atoms with Crippen LogP contribution in [-0.4, -0.2) is 55.9 Å². The molecule has 0 aromatic rings. The van der Waals surface area contributed by atoms with Gasteiger partial charge in [0.2, 0.25) is 0 Å². The van der Waals surface area contributed by atoms with Crippen LogP contribution in [0.25, 0.3) is 0 Å². The fraction of sp³-hybridized carbons (Fsp3) is 0.933. The molecule has 132 valence electrons. The molecule has 0 N–H and O–H groups in total. The van der Waals surface area contributed by atoms with E-state index in [1.807, 2.05) is 13.8 Å². The Morgan fingerprint density at radius 1 is 1.39 bits per heavy atom. The Hall–Kier alpha value is -0.700. The zero-order chi connectivity index (χ0) is 17.0. The lowest BCUT2D eigenvalue weighted by Gasteiger charge is -2.40. The van der Waals surface area contributed by atoms with E-state index < -0.39 is 36.4 Å². The van der Waals surface area contributed by atoms with Gasteiger partial charge in [-0.3, -0.25) is 9.53 Å². The third-order valence-electron chi connectivity index (χ3n) is 5.30. The van der Waals surface area contributed by atoms with Gasteiger partial charge in [-0.05, 0) is 13.3 Å². The summed E-state index contributed by atoms with van der Waals surface area (Å²) < 4.78 is 56.8. The molecule has 2 saturated heterocycles. The average Bonchev–Trinajstić information content (AvgIpc) is 3.32. The third-order valence-corrected chi connectivity index (χ3v) is 5.30. The number of methoxy groups -OCH3 is 1. The van der Waals surface area contributed by atoms with Gasteiger partial charge in [0.25, 0.3) is 0 Å². The van der Waals surface area contributed by atoms with Gasteiger partial charge in [-0.1, -0.05) is 6.92 Å². The molecule has 1 spiro atoms. The maximum Gasteiger partial charge on any atom is 0.522 e. The molecule has 1 saturated carbocycles. The first-order valence-corrected chi connectivity index (χ1v) is 7.72. The largest absolute Gasteiger partial charge is 0.522 e. The lowest BCUT2D eigenvalue weighted by atomic mass is 9.66. The number of rotatable bonds is 5. The van der Waals surface area contributed by atoms with Crippen LogP contribution in [-0.2, 0) is 23.7 Å². The summed E-state index contributed by atoms with van der Waals surface area (Å²) in [7, 11) is 1.47. The zero-order valence-electron chi connectivity index (χ0n) is 13.3. The van der Waals surface area contributed by atoms with Crippen molar-refractivity contribution in [3.05, 3.63) is 0 Å². The molecule has 0 amide bonds. The van der Waals surface area contributed by atoms with E-state index in [0.717, 1.165) is 0 Å². The van der Waals surface area contributed by atoms with Crippen molar-refractivity contribution in [3.63, 3.8) is 0 Å². The van der Waals surface area contributed by atoms with E-state index >= 15 is 0 Å². The van der Waals surface area contributed by atoms with Crippen LogP contribution >= 0.6 is 0 Å². The Kier molecular flexibility index (Phi) is 4.03. The maximum atomic E-state index is 12.4. The summed E-state index contributed by atoms with van der Waals surface area (Å²) in [6.45, 7) is 3.72. The SMILES string of the molecule is CO[C@@H]1C(=O)[C@H](C)C[C@]2(CO2)[C@H]1C1(C)O[C@@H]1CCOC(F)(F)F. The molecule has 0 bridgehead atoms. The molecule has 0 aromatic heterocycles. The third kappa shape index (κ3) is 3.01. The van der Waals surface area contributed by atoms with E-state index in [1.165, 1.54) is 7.11 Å². The van der Waals surface area contributed by atoms with Crippen molar-refractivity contribution in [3.8, 4) is 0 Å². The molecule has 1 unspecified atom stereocenters. The number of carbonyl (C=O) groups excluding carboxylic acids is 1. The van der Waals surface area contributed by atoms with Gasteiger partial charge < -0.3 is 14.2 Å². The van der Waals surface area contributed by atoms with Crippen LogP contribution in [0.4, 0.5) is 13.2 Å². The minimum absolute atomic E-state index is 0.000594. The number of hydrogen-bond donors (Lipinski definition) is 0. The number of alkyl halides is 3. The van der Waals surface area contributed by atoms with Crippen molar-refractivity contribution in [2.75, 3.05) is 20.3 Å². The Morgan fingerprint density at radius 3 is 2.57 bits per heavy atom. The highest BCUT2D eigenvalue weighted by Crippen LogP contribution is 2.59. The van der Waals surface area contributed by atoms with Crippen molar-refractivity contribution in [2.24, 2.45) is 11.8 Å². The molecule has 8 heteroatoms. The zero-order valence-corrected chi connectivity index (χ0v) is 13.3. The van der Waals surface area contributed by atoms with Gasteiger partial charge in [-0.15, -0.1) is 13.2 Å². The minimum atomic E-state index is -4.64. The molecule has 5 nitrogen and oxygen atoms in total. The molecule has 0 aromatic carbocycles. The Labute approximate surface area is 132 Å². The molecule has 3 rings (SSSR count). The minimum Gasteiger partial charge on any atom is -0.373 e. The van der Waals surface area contributed by atoms with E-state index in [0.29, 0.717) is 13.0 Å². The van der Waals surface area contributed by atoms with Gasteiger partial charge in [0.15, 0.2) is 5.78 Å². The number of ether oxygens (including phenoxy) is 4. The van der Waals surface area contributed by atoms with Crippen molar-refractivity contribution >= 4 is 5.78 Å². The maximum absolute atomic E-state index is 12.4. The van der Waals surface area contributed by atoms with E-state index in [-0.39, 0.29) is 24.0 Å². The number of ketones is 1. The molecule has 3 fully saturated rings. The average molecular weight is 338 g/mol. The van der Waals surface area contributed by atoms with Crippen molar-refractivity contribution in [1.29, 1.82) is 0 Å². The van der Waals surface area contributed by atoms with Crippen LogP contribution in [0.3, 0.4) is 0 Å². The Morgan fingerprint density at radius 2 is 2.04 bits per heavy atom. The van der Waals surface area contributed by atoms with Gasteiger partial charge in [0, 0.05) is 19.4 Å². The van der Waals surface area contributed by atoms with Crippen LogP contribution in [0.2, 0.25) is 0 Å². The molecule has 1 aliphatic carbocycles. The monoisotopic (exact) mass is 338 g/mol. The fourth-order valence-electron chi connectivity index (χ4n) is 4.10. The second-order valence-corrected chi connectivity index (χ2v) is 6.87. The molecule has 0 radical (unpaired) electrons. The smallest absolute Gasteiger partial charge is 0.373 e. The predicted molar refractivity (Wildman–Crippen MR) is 71.7 cm³/mol. The molecule has 2 aliphatic heterocycles. The first kappa shape index (κ1) is 17.1. The van der Waals surface area contributed by atoms with Crippen molar-refractivity contribution < 1.29 is 36.9 Å². The highest BCUT2D eigenvalue weighted by molar-refractivity contribution is 5.87. The predicted octanol–water partition coefficient (Wildman–Crippen LogP) is 2.08. The summed E-state index contributed by atoms with van der Waals surface area (Å²) in [5, 5.41) is 0. The van der Waals surface area contributed by atoms with E-state index in [1.54, 1.807) is 0 Å². The second-order valence-electron chi connectivity index (χ2n) is 6.87. The number of hydrogen-bond acceptors (Lipinski definition) is 5. The van der Waals surface area contributed by atoms with E-state index in [9.17, 15) is 18.0 Å². The van der Waals surface area contributed by atoms with Crippen LogP contribution in [0, 0.1) is 11.8 Å². The standard InChI is InChI=1S/C15H21F3O5/c1-8-6-14(7-22-14)12(11(20-3)10(8)19)13(2)9(23-13)4-5-21-15(16,17)18/h8-9,11-12H,4-7H2,1-3H3/t8-,9-,11-,12-,13?,14+/m1/s1. The van der Waals surface area contributed by atoms with Crippen molar-refractivity contribution in [2.45, 2.75) is 56.5 Å². The molecule has 2 heterocycles.